The molecule has 0 aliphatic carbocycles. The van der Waals surface area contributed by atoms with Crippen molar-refractivity contribution in [3.8, 4) is 22.8 Å². The smallest absolute Gasteiger partial charge is 0.410 e. The quantitative estimate of drug-likeness (QED) is 0.387. The van der Waals surface area contributed by atoms with Crippen LogP contribution in [0.3, 0.4) is 0 Å². The molecule has 0 bridgehead atoms. The molecule has 1 saturated heterocycles. The first-order chi connectivity index (χ1) is 17.6. The first kappa shape index (κ1) is 26.0. The van der Waals surface area contributed by atoms with E-state index in [9.17, 15) is 19.8 Å². The summed E-state index contributed by atoms with van der Waals surface area (Å²) in [5.74, 6) is 6.27. The number of amides is 1. The number of aromatic nitrogens is 2. The molecule has 1 fully saturated rings. The highest BCUT2D eigenvalue weighted by molar-refractivity contribution is 5.93. The van der Waals surface area contributed by atoms with Crippen molar-refractivity contribution < 1.29 is 29.3 Å². The monoisotopic (exact) mass is 508 g/mol. The van der Waals surface area contributed by atoms with E-state index in [1.165, 1.54) is 0 Å². The molecule has 1 unspecified atom stereocenters. The van der Waals surface area contributed by atoms with Gasteiger partial charge >= 0.3 is 12.1 Å². The number of benzene rings is 2. The fourth-order valence-electron chi connectivity index (χ4n) is 4.38. The first-order valence-electron chi connectivity index (χ1n) is 12.1. The van der Waals surface area contributed by atoms with Crippen molar-refractivity contribution in [2.45, 2.75) is 38.7 Å². The summed E-state index contributed by atoms with van der Waals surface area (Å²) >= 11 is 0. The molecule has 0 radical (unpaired) electrons. The third-order valence-electron chi connectivity index (χ3n) is 6.15. The lowest BCUT2D eigenvalue weighted by Gasteiger charge is -2.43. The zero-order valence-corrected chi connectivity index (χ0v) is 21.1. The summed E-state index contributed by atoms with van der Waals surface area (Å²) in [6.07, 6.45) is -0.0871. The van der Waals surface area contributed by atoms with Crippen LogP contribution in [0.2, 0.25) is 0 Å². The Hall–Kier alpha value is -4.05. The highest BCUT2D eigenvalue weighted by Gasteiger charge is 2.41. The van der Waals surface area contributed by atoms with Gasteiger partial charge in [0, 0.05) is 37.1 Å². The average molecular weight is 509 g/mol. The molecule has 10 nitrogen and oxygen atoms in total. The Balaban J connectivity index is 1.57. The molecule has 2 aromatic carbocycles. The molecule has 10 heteroatoms. The van der Waals surface area contributed by atoms with Gasteiger partial charge in [-0.3, -0.25) is 0 Å². The molecular formula is C27H32N4O6. The predicted molar refractivity (Wildman–Crippen MR) is 137 cm³/mol. The summed E-state index contributed by atoms with van der Waals surface area (Å²) in [6.45, 7) is 6.07. The number of aliphatic hydroxyl groups is 1. The molecule has 1 aliphatic heterocycles. The maximum Gasteiger partial charge on any atom is 0.410 e. The summed E-state index contributed by atoms with van der Waals surface area (Å²) in [6, 6.07) is 16.2. The molecule has 1 aromatic heterocycles. The third-order valence-corrected chi connectivity index (χ3v) is 6.15. The maximum atomic E-state index is 12.4. The molecule has 3 aromatic rings. The number of nitrogens with two attached hydrogens (primary N) is 1. The van der Waals surface area contributed by atoms with Crippen molar-refractivity contribution in [1.29, 1.82) is 0 Å². The lowest BCUT2D eigenvalue weighted by atomic mass is 9.83. The normalized spacial score (nSPS) is 14.6. The Morgan fingerprint density at radius 2 is 1.70 bits per heavy atom. The molecular weight excluding hydrogens is 476 g/mol. The van der Waals surface area contributed by atoms with E-state index >= 15 is 0 Å². The number of carbonyl (C=O) groups is 2. The summed E-state index contributed by atoms with van der Waals surface area (Å²) in [7, 11) is 0. The molecule has 4 N–H and O–H groups in total. The summed E-state index contributed by atoms with van der Waals surface area (Å²) in [5, 5.41) is 19.7. The number of aliphatic hydroxyl groups excluding tert-OH is 1. The van der Waals surface area contributed by atoms with Crippen LogP contribution >= 0.6 is 0 Å². The zero-order valence-electron chi connectivity index (χ0n) is 21.1. The lowest BCUT2D eigenvalue weighted by molar-refractivity contribution is -0.00688. The number of carboxylic acid groups (broad SMARTS) is 1. The highest BCUT2D eigenvalue weighted by atomic mass is 16.6. The average Bonchev–Trinajstić information content (AvgIpc) is 3.14. The van der Waals surface area contributed by atoms with Gasteiger partial charge in [-0.05, 0) is 63.6 Å². The van der Waals surface area contributed by atoms with E-state index < -0.39 is 17.7 Å². The van der Waals surface area contributed by atoms with Gasteiger partial charge in [-0.25, -0.2) is 19.2 Å². The SMILES string of the molecule is CC(C)(C)OC(=O)N1CC(C(CCO)c2nc(-c3ccc(Oc4ccccc4)cc3)c(C(=O)O)n2N)C1. The van der Waals surface area contributed by atoms with E-state index in [4.69, 9.17) is 15.3 Å². The summed E-state index contributed by atoms with van der Waals surface area (Å²) in [4.78, 5) is 30.7. The second-order valence-corrected chi connectivity index (χ2v) is 10.0. The number of nitrogen functional groups attached to an aromatic ring is 1. The van der Waals surface area contributed by atoms with Crippen LogP contribution in [0, 0.1) is 5.92 Å². The number of hydrogen-bond donors (Lipinski definition) is 3. The minimum Gasteiger partial charge on any atom is -0.476 e. The number of aromatic carboxylic acids is 1. The Morgan fingerprint density at radius 1 is 1.08 bits per heavy atom. The Morgan fingerprint density at radius 3 is 2.27 bits per heavy atom. The topological polar surface area (TPSA) is 140 Å². The summed E-state index contributed by atoms with van der Waals surface area (Å²) < 4.78 is 12.3. The van der Waals surface area contributed by atoms with Crippen molar-refractivity contribution in [3.05, 3.63) is 66.1 Å². The standard InChI is InChI=1S/C27H32N4O6/c1-27(2,3)37-26(35)30-15-18(16-30)21(13-14-32)24-29-22(23(25(33)34)31(24)28)17-9-11-20(12-10-17)36-19-7-5-4-6-8-19/h4-12,18,21,32H,13-16,28H2,1-3H3,(H,33,34). The first-order valence-corrected chi connectivity index (χ1v) is 12.1. The van der Waals surface area contributed by atoms with E-state index in [0.29, 0.717) is 42.4 Å². The van der Waals surface area contributed by atoms with E-state index in [1.807, 2.05) is 30.3 Å². The Labute approximate surface area is 215 Å². The second kappa shape index (κ2) is 10.5. The van der Waals surface area contributed by atoms with Crippen LogP contribution in [0.5, 0.6) is 11.5 Å². The number of hydrogen-bond acceptors (Lipinski definition) is 7. The number of imidazole rings is 1. The minimum absolute atomic E-state index is 0.0551. The fourth-order valence-corrected chi connectivity index (χ4v) is 4.38. The number of nitrogens with zero attached hydrogens (tertiary/aromatic N) is 3. The molecule has 0 saturated carbocycles. The van der Waals surface area contributed by atoms with Gasteiger partial charge in [0.05, 0.1) is 0 Å². The van der Waals surface area contributed by atoms with Crippen LogP contribution in [-0.4, -0.2) is 62.1 Å². The molecule has 1 aliphatic rings. The minimum atomic E-state index is -1.22. The molecule has 37 heavy (non-hydrogen) atoms. The van der Waals surface area contributed by atoms with Crippen LogP contribution < -0.4 is 10.6 Å². The molecule has 196 valence electrons. The van der Waals surface area contributed by atoms with Crippen molar-refractivity contribution in [3.63, 3.8) is 0 Å². The maximum absolute atomic E-state index is 12.4. The Kier molecular flexibility index (Phi) is 7.40. The largest absolute Gasteiger partial charge is 0.476 e. The predicted octanol–water partition coefficient (Wildman–Crippen LogP) is 4.09. The summed E-state index contributed by atoms with van der Waals surface area (Å²) in [5.41, 5.74) is 0.0307. The van der Waals surface area contributed by atoms with Crippen LogP contribution in [0.1, 0.15) is 49.4 Å². The molecule has 2 heterocycles. The van der Waals surface area contributed by atoms with Gasteiger partial charge in [0.2, 0.25) is 0 Å². The van der Waals surface area contributed by atoms with E-state index in [1.54, 1.807) is 49.9 Å². The van der Waals surface area contributed by atoms with E-state index in [-0.39, 0.29) is 29.8 Å². The van der Waals surface area contributed by atoms with Crippen molar-refractivity contribution in [2.75, 3.05) is 25.5 Å². The number of ether oxygens (including phenoxy) is 2. The van der Waals surface area contributed by atoms with Crippen molar-refractivity contribution in [2.24, 2.45) is 5.92 Å². The fraction of sp³-hybridized carbons (Fsp3) is 0.370. The van der Waals surface area contributed by atoms with Gasteiger partial charge in [-0.1, -0.05) is 18.2 Å². The number of carboxylic acids is 1. The lowest BCUT2D eigenvalue weighted by Crippen LogP contribution is -2.54. The molecule has 0 spiro atoms. The van der Waals surface area contributed by atoms with Gasteiger partial charge in [0.25, 0.3) is 0 Å². The molecule has 4 rings (SSSR count). The van der Waals surface area contributed by atoms with Crippen LogP contribution in [0.25, 0.3) is 11.3 Å². The zero-order chi connectivity index (χ0) is 26.7. The van der Waals surface area contributed by atoms with Crippen molar-refractivity contribution >= 4 is 12.1 Å². The second-order valence-electron chi connectivity index (χ2n) is 10.0. The number of carbonyl (C=O) groups excluding carboxylic acids is 1. The van der Waals surface area contributed by atoms with Gasteiger partial charge < -0.3 is 30.4 Å². The molecule has 1 amide bonds. The van der Waals surface area contributed by atoms with Crippen molar-refractivity contribution in [1.82, 2.24) is 14.6 Å². The Bertz CT molecular complexity index is 1240. The number of para-hydroxylation sites is 1. The van der Waals surface area contributed by atoms with E-state index in [2.05, 4.69) is 4.98 Å². The van der Waals surface area contributed by atoms with Crippen LogP contribution in [0.15, 0.2) is 54.6 Å². The molecule has 1 atom stereocenters. The third kappa shape index (κ3) is 5.86. The van der Waals surface area contributed by atoms with E-state index in [0.717, 1.165) is 4.68 Å². The number of likely N-dealkylation sites (tertiary alicyclic amines) is 1. The van der Waals surface area contributed by atoms with Gasteiger partial charge in [0.1, 0.15) is 28.6 Å². The van der Waals surface area contributed by atoms with Gasteiger partial charge in [-0.15, -0.1) is 0 Å². The van der Waals surface area contributed by atoms with Crippen LogP contribution in [0.4, 0.5) is 4.79 Å². The van der Waals surface area contributed by atoms with Crippen LogP contribution in [-0.2, 0) is 4.74 Å². The van der Waals surface area contributed by atoms with Gasteiger partial charge in [-0.2, -0.15) is 0 Å². The number of rotatable bonds is 8. The van der Waals surface area contributed by atoms with Gasteiger partial charge in [0.15, 0.2) is 5.69 Å². The highest BCUT2D eigenvalue weighted by Crippen LogP contribution is 2.37.